The largest absolute Gasteiger partial charge is 0.473 e. The topological polar surface area (TPSA) is 35.5 Å². The number of alkyl halides is 1. The Bertz CT molecular complexity index is 692. The predicted molar refractivity (Wildman–Crippen MR) is 95.4 cm³/mol. The van der Waals surface area contributed by atoms with Crippen LogP contribution in [-0.4, -0.2) is 13.1 Å². The van der Waals surface area contributed by atoms with E-state index in [2.05, 4.69) is 15.9 Å². The van der Waals surface area contributed by atoms with E-state index in [1.165, 1.54) is 7.11 Å². The number of halogens is 2. The molecule has 2 aromatic rings. The molecule has 2 aromatic carbocycles. The van der Waals surface area contributed by atoms with E-state index in [0.29, 0.717) is 16.3 Å². The fourth-order valence-electron chi connectivity index (χ4n) is 2.45. The van der Waals surface area contributed by atoms with Gasteiger partial charge in [0.05, 0.1) is 7.11 Å². The van der Waals surface area contributed by atoms with Gasteiger partial charge < -0.3 is 9.47 Å². The zero-order valence-corrected chi connectivity index (χ0v) is 15.6. The molecule has 0 N–H and O–H groups in total. The average molecular weight is 398 g/mol. The van der Waals surface area contributed by atoms with Crippen LogP contribution in [0.5, 0.6) is 5.75 Å². The van der Waals surface area contributed by atoms with Gasteiger partial charge in [-0.1, -0.05) is 51.8 Å². The van der Waals surface area contributed by atoms with Crippen molar-refractivity contribution in [2.75, 3.05) is 7.11 Å². The first kappa shape index (κ1) is 17.8. The Labute approximate surface area is 149 Å². The second kappa shape index (κ2) is 7.84. The molecule has 0 fully saturated rings. The molecule has 0 aliphatic carbocycles. The van der Waals surface area contributed by atoms with Gasteiger partial charge in [0.25, 0.3) is 0 Å². The molecule has 0 saturated heterocycles. The molecule has 0 saturated carbocycles. The van der Waals surface area contributed by atoms with Gasteiger partial charge >= 0.3 is 5.97 Å². The van der Waals surface area contributed by atoms with Crippen molar-refractivity contribution in [1.82, 2.24) is 0 Å². The molecule has 0 aliphatic rings. The summed E-state index contributed by atoms with van der Waals surface area (Å²) in [6.07, 6.45) is -0.856. The highest BCUT2D eigenvalue weighted by Gasteiger charge is 2.25. The summed E-state index contributed by atoms with van der Waals surface area (Å²) in [6, 6.07) is 11.1. The van der Waals surface area contributed by atoms with Gasteiger partial charge in [0, 0.05) is 15.9 Å². The molecule has 2 rings (SSSR count). The molecule has 0 spiro atoms. The van der Waals surface area contributed by atoms with Crippen LogP contribution in [0.4, 0.5) is 0 Å². The van der Waals surface area contributed by atoms with E-state index in [1.54, 1.807) is 24.3 Å². The Balaban J connectivity index is 2.41. The molecule has 0 aromatic heterocycles. The van der Waals surface area contributed by atoms with Crippen molar-refractivity contribution < 1.29 is 14.3 Å². The summed E-state index contributed by atoms with van der Waals surface area (Å²) >= 11 is 9.48. The number of aryl methyl sites for hydroxylation is 2. The third kappa shape index (κ3) is 4.27. The van der Waals surface area contributed by atoms with Crippen molar-refractivity contribution in [3.8, 4) is 5.75 Å². The fraction of sp³-hybridized carbons (Fsp3) is 0.278. The number of esters is 1. The molecule has 5 heteroatoms. The van der Waals surface area contributed by atoms with E-state index in [9.17, 15) is 4.79 Å². The quantitative estimate of drug-likeness (QED) is 0.517. The summed E-state index contributed by atoms with van der Waals surface area (Å²) < 4.78 is 10.9. The van der Waals surface area contributed by atoms with Crippen molar-refractivity contribution in [3.05, 3.63) is 63.7 Å². The summed E-state index contributed by atoms with van der Waals surface area (Å²) in [6.45, 7) is 3.92. The van der Waals surface area contributed by atoms with Crippen LogP contribution in [0.3, 0.4) is 0 Å². The summed E-state index contributed by atoms with van der Waals surface area (Å²) in [7, 11) is 1.34. The Morgan fingerprint density at radius 3 is 2.39 bits per heavy atom. The monoisotopic (exact) mass is 396 g/mol. The lowest BCUT2D eigenvalue weighted by Gasteiger charge is -2.21. The van der Waals surface area contributed by atoms with Crippen molar-refractivity contribution in [3.63, 3.8) is 0 Å². The lowest BCUT2D eigenvalue weighted by atomic mass is 10.1. The molecule has 0 bridgehead atoms. The molecular weight excluding hydrogens is 380 g/mol. The smallest absolute Gasteiger partial charge is 0.351 e. The summed E-state index contributed by atoms with van der Waals surface area (Å²) in [4.78, 5) is 12.2. The Hall–Kier alpha value is -1.52. The molecule has 0 radical (unpaired) electrons. The number of hydrogen-bond donors (Lipinski definition) is 0. The van der Waals surface area contributed by atoms with Gasteiger partial charge in [-0.2, -0.15) is 0 Å². The lowest BCUT2D eigenvalue weighted by molar-refractivity contribution is -0.149. The number of carbonyl (C=O) groups excluding carboxylic acids is 1. The van der Waals surface area contributed by atoms with E-state index >= 15 is 0 Å². The van der Waals surface area contributed by atoms with E-state index in [0.717, 1.165) is 22.0 Å². The molecule has 3 nitrogen and oxygen atoms in total. The average Bonchev–Trinajstić information content (AvgIpc) is 2.53. The molecule has 0 heterocycles. The van der Waals surface area contributed by atoms with Crippen LogP contribution >= 0.6 is 27.5 Å². The van der Waals surface area contributed by atoms with Gasteiger partial charge in [0.2, 0.25) is 6.10 Å². The van der Waals surface area contributed by atoms with E-state index in [-0.39, 0.29) is 0 Å². The molecule has 0 aliphatic heterocycles. The van der Waals surface area contributed by atoms with Crippen molar-refractivity contribution in [1.29, 1.82) is 0 Å². The third-order valence-corrected chi connectivity index (χ3v) is 4.36. The van der Waals surface area contributed by atoms with Crippen LogP contribution < -0.4 is 4.74 Å². The molecule has 122 valence electrons. The molecule has 1 unspecified atom stereocenters. The second-order valence-electron chi connectivity index (χ2n) is 5.27. The number of carbonyl (C=O) groups is 1. The SMILES string of the molecule is COC(=O)C(Oc1c(C)cc(CBr)cc1C)c1cccc(Cl)c1. The normalized spacial score (nSPS) is 11.9. The highest BCUT2D eigenvalue weighted by atomic mass is 79.9. The Kier molecular flexibility index (Phi) is 6.08. The summed E-state index contributed by atoms with van der Waals surface area (Å²) in [5.41, 5.74) is 3.75. The van der Waals surface area contributed by atoms with Crippen LogP contribution in [0.1, 0.15) is 28.4 Å². The number of hydrogen-bond acceptors (Lipinski definition) is 3. The van der Waals surface area contributed by atoms with E-state index in [4.69, 9.17) is 21.1 Å². The maximum absolute atomic E-state index is 12.2. The number of rotatable bonds is 5. The van der Waals surface area contributed by atoms with Gasteiger partial charge in [-0.05, 0) is 42.7 Å². The first-order valence-corrected chi connectivity index (χ1v) is 8.62. The van der Waals surface area contributed by atoms with Crippen LogP contribution in [0.25, 0.3) is 0 Å². The van der Waals surface area contributed by atoms with Crippen molar-refractivity contribution >= 4 is 33.5 Å². The Morgan fingerprint density at radius 2 is 1.87 bits per heavy atom. The first-order chi connectivity index (χ1) is 11.0. The zero-order chi connectivity index (χ0) is 17.0. The molecule has 23 heavy (non-hydrogen) atoms. The zero-order valence-electron chi connectivity index (χ0n) is 13.2. The third-order valence-electron chi connectivity index (χ3n) is 3.48. The van der Waals surface area contributed by atoms with Crippen LogP contribution in [0, 0.1) is 13.8 Å². The van der Waals surface area contributed by atoms with Gasteiger partial charge in [0.15, 0.2) is 0 Å². The fourth-order valence-corrected chi connectivity index (χ4v) is 2.97. The van der Waals surface area contributed by atoms with Crippen LogP contribution in [-0.2, 0) is 14.9 Å². The van der Waals surface area contributed by atoms with E-state index in [1.807, 2.05) is 26.0 Å². The van der Waals surface area contributed by atoms with Gasteiger partial charge in [0.1, 0.15) is 5.75 Å². The second-order valence-corrected chi connectivity index (χ2v) is 6.27. The number of ether oxygens (including phenoxy) is 2. The van der Waals surface area contributed by atoms with Crippen LogP contribution in [0.2, 0.25) is 5.02 Å². The molecule has 0 amide bonds. The van der Waals surface area contributed by atoms with Gasteiger partial charge in [-0.15, -0.1) is 0 Å². The van der Waals surface area contributed by atoms with Crippen LogP contribution in [0.15, 0.2) is 36.4 Å². The molecule has 1 atom stereocenters. The number of methoxy groups -OCH3 is 1. The number of benzene rings is 2. The van der Waals surface area contributed by atoms with Gasteiger partial charge in [-0.3, -0.25) is 0 Å². The minimum Gasteiger partial charge on any atom is -0.473 e. The summed E-state index contributed by atoms with van der Waals surface area (Å²) in [5.74, 6) is 0.223. The minimum atomic E-state index is -0.856. The minimum absolute atomic E-state index is 0.462. The van der Waals surface area contributed by atoms with Crippen molar-refractivity contribution in [2.45, 2.75) is 25.3 Å². The highest BCUT2D eigenvalue weighted by Crippen LogP contribution is 2.31. The maximum Gasteiger partial charge on any atom is 0.351 e. The Morgan fingerprint density at radius 1 is 1.22 bits per heavy atom. The standard InChI is InChI=1S/C18H18BrClO3/c1-11-7-13(10-19)8-12(2)16(11)23-17(18(21)22-3)14-5-4-6-15(20)9-14/h4-9,17H,10H2,1-3H3. The summed E-state index contributed by atoms with van der Waals surface area (Å²) in [5, 5.41) is 1.31. The van der Waals surface area contributed by atoms with Crippen molar-refractivity contribution in [2.24, 2.45) is 0 Å². The maximum atomic E-state index is 12.2. The predicted octanol–water partition coefficient (Wildman–Crippen LogP) is 5.14. The van der Waals surface area contributed by atoms with E-state index < -0.39 is 12.1 Å². The lowest BCUT2D eigenvalue weighted by Crippen LogP contribution is -2.21. The highest BCUT2D eigenvalue weighted by molar-refractivity contribution is 9.08. The first-order valence-electron chi connectivity index (χ1n) is 7.12. The molecular formula is C18H18BrClO3. The van der Waals surface area contributed by atoms with Gasteiger partial charge in [-0.25, -0.2) is 4.79 Å².